The van der Waals surface area contributed by atoms with Gasteiger partial charge in [-0.1, -0.05) is 40.0 Å². The second-order valence-electron chi connectivity index (χ2n) is 9.70. The van der Waals surface area contributed by atoms with Crippen LogP contribution in [-0.2, 0) is 61.6 Å². The fraction of sp³-hybridized carbons (Fsp3) is 1.00. The van der Waals surface area contributed by atoms with E-state index in [1.807, 2.05) is 13.8 Å². The van der Waals surface area contributed by atoms with Crippen molar-refractivity contribution in [2.24, 2.45) is 0 Å². The summed E-state index contributed by atoms with van der Waals surface area (Å²) in [5.41, 5.74) is 0. The summed E-state index contributed by atoms with van der Waals surface area (Å²) in [6.45, 7) is 13.8. The first-order chi connectivity index (χ1) is 24.1. The van der Waals surface area contributed by atoms with Crippen molar-refractivity contribution in [1.82, 2.24) is 0 Å². The number of ether oxygens (including phenoxy) is 13. The fourth-order valence-corrected chi connectivity index (χ4v) is 1.77. The molecule has 0 aromatic heterocycles. The van der Waals surface area contributed by atoms with Crippen LogP contribution in [0.2, 0.25) is 0 Å². The molecule has 0 aromatic rings. The van der Waals surface area contributed by atoms with Gasteiger partial charge in [-0.3, -0.25) is 9.47 Å². The van der Waals surface area contributed by atoms with E-state index in [-0.39, 0.29) is 25.4 Å². The first kappa shape index (κ1) is 68.3. The zero-order valence-corrected chi connectivity index (χ0v) is 35.6. The van der Waals surface area contributed by atoms with Crippen molar-refractivity contribution in [3.05, 3.63) is 0 Å². The molecule has 17 heteroatoms. The second kappa shape index (κ2) is 64.2. The molecule has 0 saturated carbocycles. The van der Waals surface area contributed by atoms with Gasteiger partial charge in [-0.15, -0.1) is 8.78 Å². The molecule has 0 heterocycles. The van der Waals surface area contributed by atoms with Gasteiger partial charge in [-0.25, -0.2) is 0 Å². The molecule has 2 atom stereocenters. The Bertz CT molecular complexity index is 440. The van der Waals surface area contributed by atoms with Crippen LogP contribution in [0, 0.1) is 0 Å². The Morgan fingerprint density at radius 3 is 0.843 bits per heavy atom. The Hall–Kier alpha value is -0.740. The Labute approximate surface area is 310 Å². The molecule has 51 heavy (non-hydrogen) atoms. The summed E-state index contributed by atoms with van der Waals surface area (Å²) in [6, 6.07) is 0. The number of methoxy groups -OCH3 is 13. The van der Waals surface area contributed by atoms with E-state index in [0.717, 1.165) is 27.2 Å². The molecule has 0 bridgehead atoms. The first-order valence-electron chi connectivity index (χ1n) is 16.4. The minimum Gasteiger partial charge on any atom is -0.394 e. The minimum atomic E-state index is -3.42. The highest BCUT2D eigenvalue weighted by molar-refractivity contribution is 4.50. The van der Waals surface area contributed by atoms with Gasteiger partial charge < -0.3 is 62.3 Å². The summed E-state index contributed by atoms with van der Waals surface area (Å²) in [5, 5.41) is 16.9. The molecule has 0 rings (SSSR count). The highest BCUT2D eigenvalue weighted by Crippen LogP contribution is 2.12. The van der Waals surface area contributed by atoms with Gasteiger partial charge in [0, 0.05) is 99.0 Å². The summed E-state index contributed by atoms with van der Waals surface area (Å²) < 4.78 is 81.5. The highest BCUT2D eigenvalue weighted by atomic mass is 19.3. The molecular formula is C34H82F2O15. The summed E-state index contributed by atoms with van der Waals surface area (Å²) in [5.74, 6) is -0.417. The number of rotatable bonds is 21. The molecule has 0 amide bonds. The predicted molar refractivity (Wildman–Crippen MR) is 197 cm³/mol. The molecule has 15 nitrogen and oxygen atoms in total. The van der Waals surface area contributed by atoms with E-state index < -0.39 is 12.1 Å². The molecule has 0 saturated heterocycles. The van der Waals surface area contributed by atoms with Crippen LogP contribution in [0.5, 0.6) is 0 Å². The quantitative estimate of drug-likeness (QED) is 0.120. The largest absolute Gasteiger partial charge is 0.484 e. The van der Waals surface area contributed by atoms with Crippen molar-refractivity contribution in [3.63, 3.8) is 0 Å². The number of hydrogen-bond donors (Lipinski definition) is 2. The summed E-state index contributed by atoms with van der Waals surface area (Å²) in [6.07, 6.45) is 1.45. The molecule has 2 N–H and O–H groups in total. The molecule has 322 valence electrons. The third-order valence-corrected chi connectivity index (χ3v) is 5.08. The van der Waals surface area contributed by atoms with E-state index in [1.165, 1.54) is 19.3 Å². The van der Waals surface area contributed by atoms with Gasteiger partial charge in [0.05, 0.1) is 39.6 Å². The van der Waals surface area contributed by atoms with Crippen molar-refractivity contribution in [1.29, 1.82) is 0 Å². The third-order valence-electron chi connectivity index (χ3n) is 5.08. The molecular weight excluding hydrogens is 686 g/mol. The van der Waals surface area contributed by atoms with Crippen LogP contribution in [0.25, 0.3) is 0 Å². The van der Waals surface area contributed by atoms with Crippen LogP contribution in [-0.4, -0.2) is 180 Å². The lowest BCUT2D eigenvalue weighted by Gasteiger charge is -2.19. The molecule has 0 spiro atoms. The molecule has 0 aliphatic carbocycles. The van der Waals surface area contributed by atoms with Crippen LogP contribution < -0.4 is 0 Å². The van der Waals surface area contributed by atoms with E-state index in [9.17, 15) is 8.78 Å². The monoisotopic (exact) mass is 769 g/mol. The molecule has 2 unspecified atom stereocenters. The average Bonchev–Trinajstić information content (AvgIpc) is 3.14. The van der Waals surface area contributed by atoms with Gasteiger partial charge in [0.1, 0.15) is 19.0 Å². The van der Waals surface area contributed by atoms with E-state index in [1.54, 1.807) is 78.2 Å². The highest BCUT2D eigenvalue weighted by Gasteiger charge is 2.27. The number of alkyl halides is 2. The van der Waals surface area contributed by atoms with Crippen molar-refractivity contribution < 1.29 is 80.6 Å². The van der Waals surface area contributed by atoms with Gasteiger partial charge in [0.2, 0.25) is 0 Å². The average molecular weight is 769 g/mol. The molecule has 0 aromatic carbocycles. The van der Waals surface area contributed by atoms with Gasteiger partial charge in [0.25, 0.3) is 0 Å². The Morgan fingerprint density at radius 2 is 0.804 bits per heavy atom. The lowest BCUT2D eigenvalue weighted by molar-refractivity contribution is -0.372. The molecule has 0 radical (unpaired) electrons. The maximum Gasteiger partial charge on any atom is 0.484 e. The van der Waals surface area contributed by atoms with E-state index in [2.05, 4.69) is 49.2 Å². The predicted octanol–water partition coefficient (Wildman–Crippen LogP) is 4.88. The number of unbranched alkanes of at least 4 members (excludes halogenated alkanes) is 2. The molecule has 0 aliphatic rings. The normalized spacial score (nSPS) is 11.2. The summed E-state index contributed by atoms with van der Waals surface area (Å²) in [7, 11) is 19.4. The number of halogens is 2. The Balaban J connectivity index is -0.0000000695. The summed E-state index contributed by atoms with van der Waals surface area (Å²) in [4.78, 5) is 0. The van der Waals surface area contributed by atoms with Gasteiger partial charge >= 0.3 is 6.29 Å². The van der Waals surface area contributed by atoms with Crippen LogP contribution in [0.1, 0.15) is 60.3 Å². The molecule has 0 aliphatic heterocycles. The SMILES string of the molecule is CCCCC.CCCOC.COC(C)(C)OC.COC(F)(F)OC.COCC(CO)OC.COCC(CO)OC.COCCOC.COCOC. The topological polar surface area (TPSA) is 160 Å². The molecule has 0 fully saturated rings. The van der Waals surface area contributed by atoms with Crippen LogP contribution >= 0.6 is 0 Å². The minimum absolute atomic E-state index is 0.0182. The van der Waals surface area contributed by atoms with Crippen LogP contribution in [0.15, 0.2) is 0 Å². The number of aliphatic hydroxyl groups excluding tert-OH is 2. The first-order valence-corrected chi connectivity index (χ1v) is 16.4. The number of hydrogen-bond acceptors (Lipinski definition) is 15. The number of aliphatic hydroxyl groups is 2. The smallest absolute Gasteiger partial charge is 0.394 e. The van der Waals surface area contributed by atoms with E-state index >= 15 is 0 Å². The third kappa shape index (κ3) is 93.7. The summed E-state index contributed by atoms with van der Waals surface area (Å²) >= 11 is 0. The zero-order chi connectivity index (χ0) is 41.8. The standard InChI is InChI=1S/2C5H12O3.C5H12O2.C5H12.C4H10O2.C4H10O.C3H6F2O2.C3H8O2/c2*1-7-4-5(3-6)8-2;1-5(2,6-3)7-4;1-3-5-4-2;1-5-3-4-6-2;1-3-4-5-2;1-6-3(4,5)7-2;1-4-3-5-2/h2*5-6H,3-4H2,1-2H3;1-4H3;3-5H2,1-2H3;3-4H2,1-2H3;3-4H2,1-2H3;1-2H3;3H2,1-2H3. The van der Waals surface area contributed by atoms with Gasteiger partial charge in [-0.2, -0.15) is 0 Å². The van der Waals surface area contributed by atoms with Crippen molar-refractivity contribution >= 4 is 0 Å². The van der Waals surface area contributed by atoms with Crippen LogP contribution in [0.4, 0.5) is 8.78 Å². The fourth-order valence-electron chi connectivity index (χ4n) is 1.77. The van der Waals surface area contributed by atoms with Gasteiger partial charge in [0.15, 0.2) is 5.79 Å². The second-order valence-corrected chi connectivity index (χ2v) is 9.70. The Morgan fingerprint density at radius 1 is 0.471 bits per heavy atom. The van der Waals surface area contributed by atoms with E-state index in [0.29, 0.717) is 33.2 Å². The van der Waals surface area contributed by atoms with Crippen LogP contribution in [0.3, 0.4) is 0 Å². The van der Waals surface area contributed by atoms with E-state index in [4.69, 9.17) is 43.4 Å². The maximum atomic E-state index is 11.4. The Kier molecular flexibility index (Phi) is 86.0. The lowest BCUT2D eigenvalue weighted by Crippen LogP contribution is -2.24. The van der Waals surface area contributed by atoms with Crippen molar-refractivity contribution in [2.45, 2.75) is 84.6 Å². The lowest BCUT2D eigenvalue weighted by atomic mass is 10.3. The van der Waals surface area contributed by atoms with Crippen molar-refractivity contribution in [2.75, 3.05) is 145 Å². The maximum absolute atomic E-state index is 11.4. The van der Waals surface area contributed by atoms with Crippen molar-refractivity contribution in [3.8, 4) is 0 Å². The van der Waals surface area contributed by atoms with Gasteiger partial charge in [-0.05, 0) is 20.3 Å². The zero-order valence-electron chi connectivity index (χ0n) is 35.6.